The Kier molecular flexibility index (Phi) is 7.58. The van der Waals surface area contributed by atoms with E-state index in [0.29, 0.717) is 19.8 Å². The molecule has 0 bridgehead atoms. The van der Waals surface area contributed by atoms with E-state index in [-0.39, 0.29) is 12.4 Å². The first-order valence-electron chi connectivity index (χ1n) is 10.5. The van der Waals surface area contributed by atoms with E-state index >= 15 is 0 Å². The van der Waals surface area contributed by atoms with Gasteiger partial charge in [-0.3, -0.25) is 0 Å². The molecular weight excluding hydrogens is 430 g/mol. The summed E-state index contributed by atoms with van der Waals surface area (Å²) in [5.41, 5.74) is 7.11. The molecule has 3 heterocycles. The van der Waals surface area contributed by atoms with Crippen molar-refractivity contribution in [3.05, 3.63) is 40.7 Å². The SMILES string of the molecule is CCCN(CC=NOC)c1c2c(nc3c(-c4ccc(OC)cc4C)c(C)nn13)COC2.Cl. The number of nitrogens with zero attached hydrogens (tertiary/aromatic N) is 5. The van der Waals surface area contributed by atoms with E-state index in [0.717, 1.165) is 63.8 Å². The van der Waals surface area contributed by atoms with E-state index in [4.69, 9.17) is 24.4 Å². The van der Waals surface area contributed by atoms with Crippen molar-refractivity contribution in [3.8, 4) is 16.9 Å². The molecule has 0 atom stereocenters. The molecule has 0 amide bonds. The lowest BCUT2D eigenvalue weighted by Crippen LogP contribution is -2.30. The van der Waals surface area contributed by atoms with Gasteiger partial charge < -0.3 is 19.2 Å². The summed E-state index contributed by atoms with van der Waals surface area (Å²) in [6.07, 6.45) is 2.76. The fourth-order valence-electron chi connectivity index (χ4n) is 4.18. The highest BCUT2D eigenvalue weighted by atomic mass is 35.5. The summed E-state index contributed by atoms with van der Waals surface area (Å²) in [6, 6.07) is 6.10. The van der Waals surface area contributed by atoms with Crippen LogP contribution in [0.3, 0.4) is 0 Å². The maximum atomic E-state index is 5.77. The molecule has 0 spiro atoms. The van der Waals surface area contributed by atoms with E-state index < -0.39 is 0 Å². The van der Waals surface area contributed by atoms with Gasteiger partial charge in [0.15, 0.2) is 5.65 Å². The zero-order chi connectivity index (χ0) is 22.0. The number of methoxy groups -OCH3 is 1. The summed E-state index contributed by atoms with van der Waals surface area (Å²) in [5, 5.41) is 8.87. The van der Waals surface area contributed by atoms with E-state index in [1.165, 1.54) is 0 Å². The van der Waals surface area contributed by atoms with Gasteiger partial charge in [-0.15, -0.1) is 12.4 Å². The minimum absolute atomic E-state index is 0. The Hall–Kier alpha value is -2.84. The number of hydrogen-bond donors (Lipinski definition) is 0. The van der Waals surface area contributed by atoms with Crippen LogP contribution in [0.1, 0.15) is 35.9 Å². The number of anilines is 1. The van der Waals surface area contributed by atoms with Gasteiger partial charge in [0, 0.05) is 17.7 Å². The average molecular weight is 460 g/mol. The fraction of sp³-hybridized carbons (Fsp3) is 0.435. The molecule has 0 saturated heterocycles. The van der Waals surface area contributed by atoms with Crippen LogP contribution < -0.4 is 9.64 Å². The second kappa shape index (κ2) is 10.2. The molecule has 0 radical (unpaired) electrons. The smallest absolute Gasteiger partial charge is 0.165 e. The fourth-order valence-corrected chi connectivity index (χ4v) is 4.18. The van der Waals surface area contributed by atoms with Gasteiger partial charge in [-0.25, -0.2) is 4.98 Å². The number of oxime groups is 1. The highest BCUT2D eigenvalue weighted by Crippen LogP contribution is 2.37. The van der Waals surface area contributed by atoms with Crippen LogP contribution in [0, 0.1) is 13.8 Å². The van der Waals surface area contributed by atoms with Crippen molar-refractivity contribution >= 4 is 30.1 Å². The largest absolute Gasteiger partial charge is 0.497 e. The van der Waals surface area contributed by atoms with Crippen molar-refractivity contribution in [2.75, 3.05) is 32.2 Å². The molecule has 0 unspecified atom stereocenters. The van der Waals surface area contributed by atoms with Gasteiger partial charge in [-0.2, -0.15) is 9.61 Å². The molecule has 0 N–H and O–H groups in total. The van der Waals surface area contributed by atoms with Crippen LogP contribution in [0.5, 0.6) is 5.75 Å². The molecule has 32 heavy (non-hydrogen) atoms. The summed E-state index contributed by atoms with van der Waals surface area (Å²) in [4.78, 5) is 12.1. The summed E-state index contributed by atoms with van der Waals surface area (Å²) in [5.74, 6) is 1.85. The molecule has 3 aromatic rings. The van der Waals surface area contributed by atoms with Crippen molar-refractivity contribution in [2.45, 2.75) is 40.4 Å². The molecule has 172 valence electrons. The molecule has 0 saturated carbocycles. The molecule has 1 aliphatic rings. The first kappa shape index (κ1) is 23.8. The Morgan fingerprint density at radius 3 is 2.75 bits per heavy atom. The van der Waals surface area contributed by atoms with Crippen molar-refractivity contribution in [3.63, 3.8) is 0 Å². The Labute approximate surface area is 194 Å². The zero-order valence-corrected chi connectivity index (χ0v) is 20.0. The van der Waals surface area contributed by atoms with Gasteiger partial charge in [-0.1, -0.05) is 18.1 Å². The number of aryl methyl sites for hydroxylation is 2. The molecular formula is C23H30ClN5O3. The third-order valence-electron chi connectivity index (χ3n) is 5.56. The average Bonchev–Trinajstić information content (AvgIpc) is 3.35. The van der Waals surface area contributed by atoms with E-state index in [1.54, 1.807) is 20.4 Å². The molecule has 2 aromatic heterocycles. The number of ether oxygens (including phenoxy) is 2. The molecule has 0 fully saturated rings. The van der Waals surface area contributed by atoms with Crippen LogP contribution in [0.15, 0.2) is 23.4 Å². The van der Waals surface area contributed by atoms with Gasteiger partial charge in [0.1, 0.15) is 18.7 Å². The van der Waals surface area contributed by atoms with Crippen LogP contribution in [0.4, 0.5) is 5.82 Å². The number of halogens is 1. The third kappa shape index (κ3) is 4.25. The van der Waals surface area contributed by atoms with Crippen molar-refractivity contribution in [1.29, 1.82) is 0 Å². The minimum Gasteiger partial charge on any atom is -0.497 e. The summed E-state index contributed by atoms with van der Waals surface area (Å²) < 4.78 is 13.1. The summed E-state index contributed by atoms with van der Waals surface area (Å²) in [7, 11) is 3.23. The number of aromatic nitrogens is 3. The van der Waals surface area contributed by atoms with E-state index in [2.05, 4.69) is 30.0 Å². The second-order valence-corrected chi connectivity index (χ2v) is 7.65. The van der Waals surface area contributed by atoms with Crippen LogP contribution in [0.2, 0.25) is 0 Å². The number of benzene rings is 1. The summed E-state index contributed by atoms with van der Waals surface area (Å²) >= 11 is 0. The number of fused-ring (bicyclic) bond motifs is 2. The van der Waals surface area contributed by atoms with Gasteiger partial charge in [-0.05, 0) is 43.5 Å². The topological polar surface area (TPSA) is 73.5 Å². The number of rotatable bonds is 8. The standard InChI is InChI=1S/C23H29N5O3.ClH/c1-6-10-27(11-9-24-30-5)23-19-13-31-14-20(19)25-22-21(16(3)26-28(22)23)18-8-7-17(29-4)12-15(18)2;/h7-9,12H,6,10-11,13-14H2,1-5H3;1H. The molecule has 9 heteroatoms. The van der Waals surface area contributed by atoms with Crippen molar-refractivity contribution in [2.24, 2.45) is 5.16 Å². The monoisotopic (exact) mass is 459 g/mol. The predicted molar refractivity (Wildman–Crippen MR) is 128 cm³/mol. The van der Waals surface area contributed by atoms with Crippen LogP contribution in [-0.4, -0.2) is 48.1 Å². The second-order valence-electron chi connectivity index (χ2n) is 7.65. The lowest BCUT2D eigenvalue weighted by Gasteiger charge is -2.25. The zero-order valence-electron chi connectivity index (χ0n) is 19.2. The molecule has 0 aliphatic carbocycles. The minimum atomic E-state index is 0. The lowest BCUT2D eigenvalue weighted by molar-refractivity contribution is 0.133. The number of hydrogen-bond acceptors (Lipinski definition) is 7. The maximum absolute atomic E-state index is 5.77. The van der Waals surface area contributed by atoms with Gasteiger partial charge in [0.25, 0.3) is 0 Å². The maximum Gasteiger partial charge on any atom is 0.165 e. The van der Waals surface area contributed by atoms with Crippen LogP contribution in [-0.2, 0) is 22.8 Å². The Balaban J connectivity index is 0.00000289. The molecule has 4 rings (SSSR count). The van der Waals surface area contributed by atoms with E-state index in [9.17, 15) is 0 Å². The molecule has 1 aliphatic heterocycles. The first-order valence-corrected chi connectivity index (χ1v) is 10.5. The lowest BCUT2D eigenvalue weighted by atomic mass is 10.0. The Bertz CT molecular complexity index is 1130. The Morgan fingerprint density at radius 1 is 1.25 bits per heavy atom. The van der Waals surface area contributed by atoms with Gasteiger partial charge in [0.05, 0.1) is 44.5 Å². The quantitative estimate of drug-likeness (QED) is 0.369. The highest BCUT2D eigenvalue weighted by molar-refractivity contribution is 5.85. The summed E-state index contributed by atoms with van der Waals surface area (Å²) in [6.45, 7) is 8.80. The van der Waals surface area contributed by atoms with Gasteiger partial charge >= 0.3 is 0 Å². The highest BCUT2D eigenvalue weighted by Gasteiger charge is 2.27. The Morgan fingerprint density at radius 2 is 2.06 bits per heavy atom. The predicted octanol–water partition coefficient (Wildman–Crippen LogP) is 4.32. The van der Waals surface area contributed by atoms with E-state index in [1.807, 2.05) is 23.6 Å². The van der Waals surface area contributed by atoms with Crippen LogP contribution >= 0.6 is 12.4 Å². The third-order valence-corrected chi connectivity index (χ3v) is 5.56. The molecule has 1 aromatic carbocycles. The first-order chi connectivity index (χ1) is 15.1. The normalized spacial score (nSPS) is 12.8. The van der Waals surface area contributed by atoms with Gasteiger partial charge in [0.2, 0.25) is 0 Å². The van der Waals surface area contributed by atoms with Crippen molar-refractivity contribution < 1.29 is 14.3 Å². The molecule has 8 nitrogen and oxygen atoms in total. The van der Waals surface area contributed by atoms with Crippen LogP contribution in [0.25, 0.3) is 16.8 Å². The van der Waals surface area contributed by atoms with Crippen molar-refractivity contribution in [1.82, 2.24) is 14.6 Å².